The molecule has 0 saturated heterocycles. The van der Waals surface area contributed by atoms with Gasteiger partial charge in [0, 0.05) is 40.1 Å². The fourth-order valence-electron chi connectivity index (χ4n) is 4.21. The van der Waals surface area contributed by atoms with Crippen LogP contribution in [0.4, 0.5) is 17.1 Å². The number of nitro benzene ring substituents is 1. The first-order chi connectivity index (χ1) is 22.1. The van der Waals surface area contributed by atoms with Crippen LogP contribution in [0.15, 0.2) is 94.7 Å². The average molecular weight is 667 g/mol. The van der Waals surface area contributed by atoms with Crippen molar-refractivity contribution in [1.82, 2.24) is 4.72 Å². The van der Waals surface area contributed by atoms with Crippen molar-refractivity contribution < 1.29 is 37.1 Å². The Balaban J connectivity index is 1.40. The second-order valence-corrected chi connectivity index (χ2v) is 12.3. The molecule has 0 aliphatic rings. The minimum Gasteiger partial charge on any atom is -0.493 e. The number of hydrogen-bond acceptors (Lipinski definition) is 11. The van der Waals surface area contributed by atoms with Gasteiger partial charge in [-0.05, 0) is 60.7 Å². The highest BCUT2D eigenvalue weighted by Crippen LogP contribution is 2.38. The van der Waals surface area contributed by atoms with Gasteiger partial charge in [-0.3, -0.25) is 19.7 Å². The second kappa shape index (κ2) is 15.1. The van der Waals surface area contributed by atoms with Crippen LogP contribution in [-0.2, 0) is 10.0 Å². The number of methoxy groups -OCH3 is 3. The predicted octanol–water partition coefficient (Wildman–Crippen LogP) is 5.20. The summed E-state index contributed by atoms with van der Waals surface area (Å²) in [6, 6.07) is 21.4. The minimum atomic E-state index is -4.47. The molecule has 0 saturated carbocycles. The van der Waals surface area contributed by atoms with Gasteiger partial charge >= 0.3 is 0 Å². The number of hydrogen-bond donors (Lipinski definition) is 3. The predicted molar refractivity (Wildman–Crippen MR) is 174 cm³/mol. The summed E-state index contributed by atoms with van der Waals surface area (Å²) in [7, 11) is -0.182. The summed E-state index contributed by atoms with van der Waals surface area (Å²) in [4.78, 5) is 37.3. The van der Waals surface area contributed by atoms with Gasteiger partial charge in [-0.1, -0.05) is 18.2 Å². The lowest BCUT2D eigenvalue weighted by Gasteiger charge is -2.14. The lowest BCUT2D eigenvalue weighted by Crippen LogP contribution is -2.30. The van der Waals surface area contributed by atoms with Gasteiger partial charge < -0.3 is 24.8 Å². The molecule has 0 atom stereocenters. The number of thioether (sulfide) groups is 1. The molecule has 4 rings (SSSR count). The molecular formula is C31H30N4O9S2. The molecule has 0 spiro atoms. The van der Waals surface area contributed by atoms with E-state index in [1.165, 1.54) is 69.9 Å². The highest BCUT2D eigenvalue weighted by Gasteiger charge is 2.24. The summed E-state index contributed by atoms with van der Waals surface area (Å²) < 4.78 is 43.7. The Labute approximate surface area is 269 Å². The zero-order chi connectivity index (χ0) is 33.3. The molecule has 240 valence electrons. The van der Waals surface area contributed by atoms with Gasteiger partial charge in [0.25, 0.3) is 27.5 Å². The summed E-state index contributed by atoms with van der Waals surface area (Å²) in [6.07, 6.45) is 0. The van der Waals surface area contributed by atoms with Crippen molar-refractivity contribution in [2.75, 3.05) is 44.3 Å². The molecule has 4 aromatic rings. The molecule has 0 unspecified atom stereocenters. The van der Waals surface area contributed by atoms with E-state index in [9.17, 15) is 28.1 Å². The van der Waals surface area contributed by atoms with Crippen LogP contribution in [0.2, 0.25) is 0 Å². The van der Waals surface area contributed by atoms with Crippen LogP contribution in [0.1, 0.15) is 20.7 Å². The lowest BCUT2D eigenvalue weighted by atomic mass is 10.1. The number of nitro groups is 1. The van der Waals surface area contributed by atoms with Gasteiger partial charge in [-0.2, -0.15) is 0 Å². The number of anilines is 2. The molecule has 0 bridgehead atoms. The van der Waals surface area contributed by atoms with E-state index in [1.807, 2.05) is 35.1 Å². The van der Waals surface area contributed by atoms with Crippen LogP contribution in [0.25, 0.3) is 0 Å². The molecule has 3 N–H and O–H groups in total. The first kappa shape index (κ1) is 33.6. The topological polar surface area (TPSA) is 175 Å². The molecule has 4 aromatic carbocycles. The number of ether oxygens (including phenoxy) is 3. The van der Waals surface area contributed by atoms with Crippen molar-refractivity contribution in [3.8, 4) is 17.2 Å². The third kappa shape index (κ3) is 8.25. The summed E-state index contributed by atoms with van der Waals surface area (Å²) in [6.45, 7) is 0.391. The number of carbonyl (C=O) groups excluding carboxylic acids is 2. The van der Waals surface area contributed by atoms with Crippen molar-refractivity contribution >= 4 is 50.7 Å². The van der Waals surface area contributed by atoms with E-state index in [-0.39, 0.29) is 28.3 Å². The van der Waals surface area contributed by atoms with Gasteiger partial charge in [0.1, 0.15) is 5.69 Å². The second-order valence-electron chi connectivity index (χ2n) is 9.40. The SMILES string of the molecule is COc1cc(C(=O)Nc2ccc(C(=O)NS(=O)(=O)c3ccc(NCCSc4ccccc4)c([N+](=O)[O-])c3)cc2)cc(OC)c1OC. The third-order valence-electron chi connectivity index (χ3n) is 6.46. The number of amides is 2. The fraction of sp³-hybridized carbons (Fsp3) is 0.161. The van der Waals surface area contributed by atoms with Crippen molar-refractivity contribution in [3.05, 3.63) is 106 Å². The van der Waals surface area contributed by atoms with E-state index < -0.39 is 37.3 Å². The fourth-order valence-corrected chi connectivity index (χ4v) is 5.99. The van der Waals surface area contributed by atoms with Gasteiger partial charge in [-0.25, -0.2) is 13.1 Å². The number of benzene rings is 4. The monoisotopic (exact) mass is 666 g/mol. The van der Waals surface area contributed by atoms with Crippen molar-refractivity contribution in [2.24, 2.45) is 0 Å². The average Bonchev–Trinajstić information content (AvgIpc) is 3.06. The summed E-state index contributed by atoms with van der Waals surface area (Å²) in [5.74, 6) is 0.0375. The normalized spacial score (nSPS) is 10.8. The molecule has 46 heavy (non-hydrogen) atoms. The Kier molecular flexibility index (Phi) is 11.1. The standard InChI is InChI=1S/C31H30N4O9S2/c1-42-27-17-21(18-28(43-2)29(27)44-3)30(36)33-22-11-9-20(10-12-22)31(37)34-46(40,41)24-13-14-25(26(19-24)35(38)39)32-15-16-45-23-7-5-4-6-8-23/h4-14,17-19,32H,15-16H2,1-3H3,(H,33,36)(H,34,37). The summed E-state index contributed by atoms with van der Waals surface area (Å²) >= 11 is 1.56. The van der Waals surface area contributed by atoms with Crippen molar-refractivity contribution in [2.45, 2.75) is 9.79 Å². The molecule has 15 heteroatoms. The van der Waals surface area contributed by atoms with Crippen molar-refractivity contribution in [1.29, 1.82) is 0 Å². The Morgan fingerprint density at radius 2 is 1.48 bits per heavy atom. The minimum absolute atomic E-state index is 0.0296. The van der Waals surface area contributed by atoms with Crippen LogP contribution in [0, 0.1) is 10.1 Å². The zero-order valence-corrected chi connectivity index (χ0v) is 26.6. The number of sulfonamides is 1. The first-order valence-corrected chi connectivity index (χ1v) is 16.0. The van der Waals surface area contributed by atoms with Crippen LogP contribution >= 0.6 is 11.8 Å². The third-order valence-corrected chi connectivity index (χ3v) is 8.81. The van der Waals surface area contributed by atoms with E-state index >= 15 is 0 Å². The molecule has 13 nitrogen and oxygen atoms in total. The van der Waals surface area contributed by atoms with Gasteiger partial charge in [0.2, 0.25) is 5.75 Å². The van der Waals surface area contributed by atoms with Crippen LogP contribution < -0.4 is 29.6 Å². The molecule has 0 heterocycles. The van der Waals surface area contributed by atoms with Crippen LogP contribution in [0.5, 0.6) is 17.2 Å². The Bertz CT molecular complexity index is 1810. The van der Waals surface area contributed by atoms with Crippen molar-refractivity contribution in [3.63, 3.8) is 0 Å². The number of carbonyl (C=O) groups is 2. The Hall–Kier alpha value is -5.28. The zero-order valence-electron chi connectivity index (χ0n) is 24.9. The summed E-state index contributed by atoms with van der Waals surface area (Å²) in [5.41, 5.74) is 0.196. The largest absolute Gasteiger partial charge is 0.493 e. The van der Waals surface area contributed by atoms with Crippen LogP contribution in [-0.4, -0.2) is 58.8 Å². The van der Waals surface area contributed by atoms with E-state index in [0.29, 0.717) is 23.7 Å². The molecule has 0 fully saturated rings. The maximum atomic E-state index is 13.0. The maximum absolute atomic E-state index is 13.0. The quantitative estimate of drug-likeness (QED) is 0.0699. The van der Waals surface area contributed by atoms with E-state index in [0.717, 1.165) is 11.0 Å². The van der Waals surface area contributed by atoms with E-state index in [1.54, 1.807) is 11.8 Å². The Morgan fingerprint density at radius 3 is 2.07 bits per heavy atom. The molecule has 0 radical (unpaired) electrons. The maximum Gasteiger partial charge on any atom is 0.293 e. The van der Waals surface area contributed by atoms with E-state index in [2.05, 4.69) is 10.6 Å². The Morgan fingerprint density at radius 1 is 0.826 bits per heavy atom. The molecule has 0 aromatic heterocycles. The molecular weight excluding hydrogens is 636 g/mol. The smallest absolute Gasteiger partial charge is 0.293 e. The van der Waals surface area contributed by atoms with Gasteiger partial charge in [0.05, 0.1) is 31.1 Å². The lowest BCUT2D eigenvalue weighted by molar-refractivity contribution is -0.384. The number of nitrogens with one attached hydrogen (secondary N) is 3. The molecule has 0 aliphatic heterocycles. The molecule has 0 aliphatic carbocycles. The highest BCUT2D eigenvalue weighted by molar-refractivity contribution is 7.99. The highest BCUT2D eigenvalue weighted by atomic mass is 32.2. The van der Waals surface area contributed by atoms with Crippen LogP contribution in [0.3, 0.4) is 0 Å². The van der Waals surface area contributed by atoms with E-state index in [4.69, 9.17) is 14.2 Å². The first-order valence-electron chi connectivity index (χ1n) is 13.5. The number of rotatable bonds is 14. The van der Waals surface area contributed by atoms with Gasteiger partial charge in [-0.15, -0.1) is 11.8 Å². The molecule has 2 amide bonds. The summed E-state index contributed by atoms with van der Waals surface area (Å²) in [5, 5.41) is 17.4. The number of nitrogens with zero attached hydrogens (tertiary/aromatic N) is 1. The van der Waals surface area contributed by atoms with Gasteiger partial charge in [0.15, 0.2) is 11.5 Å².